The molecule has 0 bridgehead atoms. The Bertz CT molecular complexity index is 1060. The first-order valence-electron chi connectivity index (χ1n) is 10.4. The molecule has 1 atom stereocenters. The average molecular weight is 453 g/mol. The van der Waals surface area contributed by atoms with Gasteiger partial charge >= 0.3 is 5.97 Å². The number of carbonyl (C=O) groups is 2. The van der Waals surface area contributed by atoms with E-state index >= 15 is 0 Å². The van der Waals surface area contributed by atoms with Crippen LogP contribution in [0.4, 0.5) is 0 Å². The Morgan fingerprint density at radius 1 is 1.09 bits per heavy atom. The molecule has 0 N–H and O–H groups in total. The van der Waals surface area contributed by atoms with Gasteiger partial charge in [-0.1, -0.05) is 42.5 Å². The molecule has 3 aromatic rings. The van der Waals surface area contributed by atoms with Crippen LogP contribution in [0.1, 0.15) is 32.7 Å². The van der Waals surface area contributed by atoms with Crippen molar-refractivity contribution in [1.29, 1.82) is 0 Å². The first kappa shape index (κ1) is 22.0. The summed E-state index contributed by atoms with van der Waals surface area (Å²) in [6, 6.07) is 15.9. The lowest BCUT2D eigenvalue weighted by atomic mass is 10.1. The van der Waals surface area contributed by atoms with Crippen LogP contribution in [0.5, 0.6) is 5.75 Å². The number of thiazole rings is 1. The summed E-state index contributed by atoms with van der Waals surface area (Å²) in [7, 11) is 0. The highest BCUT2D eigenvalue weighted by atomic mass is 32.1. The predicted octanol–water partition coefficient (Wildman–Crippen LogP) is 3.79. The van der Waals surface area contributed by atoms with Crippen molar-refractivity contribution in [1.82, 2.24) is 9.88 Å². The van der Waals surface area contributed by atoms with Crippen LogP contribution in [0, 0.1) is 6.92 Å². The molecule has 1 aromatic heterocycles. The van der Waals surface area contributed by atoms with Crippen LogP contribution in [0.3, 0.4) is 0 Å². The van der Waals surface area contributed by atoms with Crippen molar-refractivity contribution in [3.05, 3.63) is 81.8 Å². The minimum atomic E-state index is -1.05. The summed E-state index contributed by atoms with van der Waals surface area (Å²) in [5.74, 6) is -0.497. The molecule has 7 nitrogen and oxygen atoms in total. The molecule has 0 spiro atoms. The van der Waals surface area contributed by atoms with E-state index in [0.717, 1.165) is 10.7 Å². The molecule has 0 saturated carbocycles. The van der Waals surface area contributed by atoms with Crippen molar-refractivity contribution in [2.45, 2.75) is 19.6 Å². The Kier molecular flexibility index (Phi) is 7.14. The number of aromatic nitrogens is 1. The summed E-state index contributed by atoms with van der Waals surface area (Å²) in [6.45, 7) is 4.03. The lowest BCUT2D eigenvalue weighted by Crippen LogP contribution is -2.44. The topological polar surface area (TPSA) is 78.0 Å². The minimum absolute atomic E-state index is 0.240. The molecule has 166 valence electrons. The van der Waals surface area contributed by atoms with Crippen molar-refractivity contribution < 1.29 is 23.8 Å². The number of amides is 1. The van der Waals surface area contributed by atoms with E-state index in [1.165, 1.54) is 11.3 Å². The van der Waals surface area contributed by atoms with Gasteiger partial charge < -0.3 is 19.1 Å². The number of para-hydroxylation sites is 1. The van der Waals surface area contributed by atoms with E-state index in [-0.39, 0.29) is 18.1 Å². The molecule has 0 radical (unpaired) electrons. The largest absolute Gasteiger partial charge is 0.486 e. The van der Waals surface area contributed by atoms with Crippen LogP contribution < -0.4 is 4.74 Å². The number of ether oxygens (including phenoxy) is 3. The Morgan fingerprint density at radius 2 is 1.81 bits per heavy atom. The summed E-state index contributed by atoms with van der Waals surface area (Å²) < 4.78 is 17.0. The highest BCUT2D eigenvalue weighted by Gasteiger charge is 2.31. The number of carbonyl (C=O) groups excluding carboxylic acids is 2. The maximum absolute atomic E-state index is 13.2. The van der Waals surface area contributed by atoms with E-state index in [4.69, 9.17) is 14.2 Å². The second-order valence-corrected chi connectivity index (χ2v) is 8.34. The van der Waals surface area contributed by atoms with Crippen LogP contribution in [0.25, 0.3) is 0 Å². The molecule has 0 aliphatic carbocycles. The van der Waals surface area contributed by atoms with Crippen LogP contribution in [0.2, 0.25) is 0 Å². The molecule has 8 heteroatoms. The van der Waals surface area contributed by atoms with Crippen molar-refractivity contribution in [2.24, 2.45) is 0 Å². The number of morpholine rings is 1. The summed E-state index contributed by atoms with van der Waals surface area (Å²) in [6.07, 6.45) is -1.05. The third-order valence-electron chi connectivity index (χ3n) is 5.02. The van der Waals surface area contributed by atoms with Gasteiger partial charge in [0, 0.05) is 24.0 Å². The maximum atomic E-state index is 13.2. The summed E-state index contributed by atoms with van der Waals surface area (Å²) in [5, 5.41) is 2.87. The quantitative estimate of drug-likeness (QED) is 0.508. The molecule has 2 heterocycles. The smallest absolute Gasteiger partial charge is 0.343 e. The highest BCUT2D eigenvalue weighted by molar-refractivity contribution is 7.09. The fraction of sp³-hybridized carbons (Fsp3) is 0.292. The molecular formula is C24H24N2O5S. The number of esters is 1. The molecule has 0 unspecified atom stereocenters. The first-order chi connectivity index (χ1) is 15.6. The second kappa shape index (κ2) is 10.4. The zero-order valence-corrected chi connectivity index (χ0v) is 18.5. The van der Waals surface area contributed by atoms with Gasteiger partial charge in [-0.2, -0.15) is 0 Å². The van der Waals surface area contributed by atoms with Gasteiger partial charge in [0.1, 0.15) is 17.9 Å². The Morgan fingerprint density at radius 3 is 2.53 bits per heavy atom. The van der Waals surface area contributed by atoms with Crippen molar-refractivity contribution in [2.75, 3.05) is 26.3 Å². The summed E-state index contributed by atoms with van der Waals surface area (Å²) in [5.41, 5.74) is 1.67. The van der Waals surface area contributed by atoms with Gasteiger partial charge in [-0.05, 0) is 19.1 Å². The Balaban J connectivity index is 1.53. The van der Waals surface area contributed by atoms with E-state index in [1.54, 1.807) is 41.3 Å². The normalized spacial score (nSPS) is 14.6. The van der Waals surface area contributed by atoms with Gasteiger partial charge in [-0.3, -0.25) is 4.79 Å². The lowest BCUT2D eigenvalue weighted by Gasteiger charge is -2.30. The van der Waals surface area contributed by atoms with Gasteiger partial charge in [-0.25, -0.2) is 9.78 Å². The van der Waals surface area contributed by atoms with Gasteiger partial charge in [0.25, 0.3) is 5.91 Å². The van der Waals surface area contributed by atoms with Crippen LogP contribution >= 0.6 is 11.3 Å². The second-order valence-electron chi connectivity index (χ2n) is 7.28. The number of aryl methyl sites for hydroxylation is 1. The van der Waals surface area contributed by atoms with E-state index < -0.39 is 12.1 Å². The van der Waals surface area contributed by atoms with Gasteiger partial charge in [0.2, 0.25) is 6.10 Å². The van der Waals surface area contributed by atoms with Crippen molar-refractivity contribution >= 4 is 23.2 Å². The molecule has 1 fully saturated rings. The standard InChI is InChI=1S/C24H24N2O5S/c1-17-25-19(16-32-17)15-30-21-10-6-5-9-20(21)24(28)31-22(18-7-3-2-4-8-18)23(27)26-11-13-29-14-12-26/h2-10,16,22H,11-15H2,1H3/t22-/m1/s1. The lowest BCUT2D eigenvalue weighted by molar-refractivity contribution is -0.145. The van der Waals surface area contributed by atoms with Crippen LogP contribution in [-0.4, -0.2) is 48.1 Å². The molecule has 1 aliphatic rings. The number of benzene rings is 2. The van der Waals surface area contributed by atoms with Crippen molar-refractivity contribution in [3.63, 3.8) is 0 Å². The predicted molar refractivity (Wildman–Crippen MR) is 120 cm³/mol. The molecule has 1 amide bonds. The first-order valence-corrected chi connectivity index (χ1v) is 11.2. The number of nitrogens with zero attached hydrogens (tertiary/aromatic N) is 2. The maximum Gasteiger partial charge on any atom is 0.343 e. The zero-order chi connectivity index (χ0) is 22.3. The minimum Gasteiger partial charge on any atom is -0.486 e. The Labute approximate surface area is 190 Å². The molecule has 2 aromatic carbocycles. The Hall–Kier alpha value is -3.23. The fourth-order valence-electron chi connectivity index (χ4n) is 3.40. The SMILES string of the molecule is Cc1nc(COc2ccccc2C(=O)O[C@@H](C(=O)N2CCOCC2)c2ccccc2)cs1. The molecule has 4 rings (SSSR count). The monoisotopic (exact) mass is 452 g/mol. The van der Waals surface area contributed by atoms with Crippen LogP contribution in [0.15, 0.2) is 60.0 Å². The number of rotatable bonds is 7. The van der Waals surface area contributed by atoms with E-state index in [0.29, 0.717) is 37.6 Å². The third-order valence-corrected chi connectivity index (χ3v) is 5.85. The number of hydrogen-bond acceptors (Lipinski definition) is 7. The molecule has 1 aliphatic heterocycles. The van der Waals surface area contributed by atoms with Crippen molar-refractivity contribution in [3.8, 4) is 5.75 Å². The third kappa shape index (κ3) is 5.33. The van der Waals surface area contributed by atoms with E-state index in [9.17, 15) is 9.59 Å². The number of hydrogen-bond donors (Lipinski definition) is 0. The zero-order valence-electron chi connectivity index (χ0n) is 17.7. The van der Waals surface area contributed by atoms with E-state index in [1.807, 2.05) is 30.5 Å². The van der Waals surface area contributed by atoms with Gasteiger partial charge in [0.05, 0.1) is 23.9 Å². The molecule has 32 heavy (non-hydrogen) atoms. The molecule has 1 saturated heterocycles. The van der Waals surface area contributed by atoms with Gasteiger partial charge in [-0.15, -0.1) is 11.3 Å². The van der Waals surface area contributed by atoms with E-state index in [2.05, 4.69) is 4.98 Å². The van der Waals surface area contributed by atoms with Gasteiger partial charge in [0.15, 0.2) is 0 Å². The highest BCUT2D eigenvalue weighted by Crippen LogP contribution is 2.26. The van der Waals surface area contributed by atoms with Crippen LogP contribution in [-0.2, 0) is 20.9 Å². The fourth-order valence-corrected chi connectivity index (χ4v) is 3.99. The summed E-state index contributed by atoms with van der Waals surface area (Å²) in [4.78, 5) is 32.4. The molecular weight excluding hydrogens is 428 g/mol. The average Bonchev–Trinajstić information content (AvgIpc) is 3.27. The summed E-state index contributed by atoms with van der Waals surface area (Å²) >= 11 is 1.54.